The molecule has 0 unspecified atom stereocenters. The topological polar surface area (TPSA) is 132 Å². The van der Waals surface area contributed by atoms with E-state index in [0.717, 1.165) is 32.0 Å². The van der Waals surface area contributed by atoms with Crippen LogP contribution in [0.1, 0.15) is 39.4 Å². The van der Waals surface area contributed by atoms with Crippen LogP contribution in [0.3, 0.4) is 0 Å². The number of nitrogen functional groups attached to an aromatic ring is 1. The van der Waals surface area contributed by atoms with E-state index in [1.54, 1.807) is 41.3 Å². The van der Waals surface area contributed by atoms with E-state index in [1.807, 2.05) is 26.0 Å². The van der Waals surface area contributed by atoms with Crippen molar-refractivity contribution < 1.29 is 22.0 Å². The molecule has 0 amide bonds. The zero-order chi connectivity index (χ0) is 31.7. The lowest BCUT2D eigenvalue weighted by Gasteiger charge is -2.16. The minimum Gasteiger partial charge on any atom is -0.383 e. The number of anilines is 1. The number of aromatic nitrogens is 5. The van der Waals surface area contributed by atoms with Crippen LogP contribution in [0, 0.1) is 13.8 Å². The fraction of sp³-hybridized carbons (Fsp3) is 0.219. The van der Waals surface area contributed by atoms with Gasteiger partial charge in [-0.1, -0.05) is 23.8 Å². The van der Waals surface area contributed by atoms with Crippen LogP contribution in [-0.2, 0) is 16.6 Å². The third kappa shape index (κ3) is 5.07. The molecule has 6 aromatic rings. The summed E-state index contributed by atoms with van der Waals surface area (Å²) in [6.45, 7) is 3.88. The van der Waals surface area contributed by atoms with Crippen LogP contribution in [-0.4, -0.2) is 61.8 Å². The van der Waals surface area contributed by atoms with Gasteiger partial charge in [-0.2, -0.15) is 5.10 Å². The Bertz CT molecular complexity index is 2230. The van der Waals surface area contributed by atoms with Crippen molar-refractivity contribution in [1.82, 2.24) is 28.6 Å². The summed E-state index contributed by atoms with van der Waals surface area (Å²) < 4.78 is 58.3. The molecule has 1 fully saturated rings. The summed E-state index contributed by atoms with van der Waals surface area (Å²) in [6, 6.07) is 18.3. The Kier molecular flexibility index (Phi) is 6.64. The number of imidazole rings is 1. The Balaban J connectivity index is 1.33. The van der Waals surface area contributed by atoms with Gasteiger partial charge in [0.2, 0.25) is 5.78 Å². The molecule has 230 valence electrons. The molecule has 1 aliphatic rings. The van der Waals surface area contributed by atoms with Gasteiger partial charge in [0, 0.05) is 24.9 Å². The first kappa shape index (κ1) is 28.9. The smallest absolute Gasteiger partial charge is 0.268 e. The number of halogens is 2. The van der Waals surface area contributed by atoms with Crippen molar-refractivity contribution in [3.05, 3.63) is 101 Å². The number of fused-ring (bicyclic) bond motifs is 2. The maximum atomic E-state index is 14.2. The van der Waals surface area contributed by atoms with E-state index in [0.29, 0.717) is 11.1 Å². The summed E-state index contributed by atoms with van der Waals surface area (Å²) in [5, 5.41) is 4.83. The fourth-order valence-corrected chi connectivity index (χ4v) is 7.42. The largest absolute Gasteiger partial charge is 0.383 e. The Morgan fingerprint density at radius 1 is 1.04 bits per heavy atom. The lowest BCUT2D eigenvalue weighted by molar-refractivity contribution is 0.0115. The van der Waals surface area contributed by atoms with Gasteiger partial charge in [0.15, 0.2) is 0 Å². The van der Waals surface area contributed by atoms with Gasteiger partial charge in [-0.3, -0.25) is 9.69 Å². The number of ketones is 1. The number of nitrogens with two attached hydrogens (primary N) is 1. The molecule has 0 radical (unpaired) electrons. The van der Waals surface area contributed by atoms with Crippen molar-refractivity contribution in [2.45, 2.75) is 37.6 Å². The van der Waals surface area contributed by atoms with Crippen LogP contribution in [0.2, 0.25) is 0 Å². The molecule has 0 aliphatic carbocycles. The number of hydrogen-bond donors (Lipinski definition) is 2. The summed E-state index contributed by atoms with van der Waals surface area (Å²) in [4.78, 5) is 23.4. The number of carbonyl (C=O) groups excluding carboxylic acids is 1. The van der Waals surface area contributed by atoms with Gasteiger partial charge in [-0.15, -0.1) is 0 Å². The number of nitrogens with zero attached hydrogens (tertiary/aromatic N) is 5. The number of aryl methyl sites for hydroxylation is 2. The van der Waals surface area contributed by atoms with Crippen molar-refractivity contribution in [3.63, 3.8) is 0 Å². The van der Waals surface area contributed by atoms with E-state index < -0.39 is 21.7 Å². The second kappa shape index (κ2) is 10.3. The normalized spacial score (nSPS) is 15.4. The molecule has 3 aromatic heterocycles. The van der Waals surface area contributed by atoms with Crippen molar-refractivity contribution in [3.8, 4) is 5.69 Å². The van der Waals surface area contributed by atoms with E-state index in [9.17, 15) is 22.0 Å². The Morgan fingerprint density at radius 2 is 1.82 bits per heavy atom. The van der Waals surface area contributed by atoms with E-state index in [1.165, 1.54) is 29.1 Å². The number of nitrogens with one attached hydrogen (secondary N) is 1. The first-order chi connectivity index (χ1) is 21.4. The highest BCUT2D eigenvalue weighted by Crippen LogP contribution is 2.32. The summed E-state index contributed by atoms with van der Waals surface area (Å²) in [5.41, 5.74) is 10.4. The van der Waals surface area contributed by atoms with Crippen LogP contribution in [0.4, 0.5) is 14.6 Å². The number of alkyl halides is 2. The summed E-state index contributed by atoms with van der Waals surface area (Å²) in [7, 11) is -4.25. The second-order valence-electron chi connectivity index (χ2n) is 11.5. The lowest BCUT2D eigenvalue weighted by Crippen LogP contribution is -2.24. The Labute approximate surface area is 257 Å². The summed E-state index contributed by atoms with van der Waals surface area (Å²) >= 11 is 0. The first-order valence-corrected chi connectivity index (χ1v) is 15.8. The Morgan fingerprint density at radius 3 is 2.56 bits per heavy atom. The van der Waals surface area contributed by atoms with Gasteiger partial charge >= 0.3 is 0 Å². The van der Waals surface area contributed by atoms with E-state index in [-0.39, 0.29) is 53.5 Å². The molecule has 13 heteroatoms. The van der Waals surface area contributed by atoms with E-state index >= 15 is 0 Å². The van der Waals surface area contributed by atoms with Crippen molar-refractivity contribution in [2.24, 2.45) is 0 Å². The van der Waals surface area contributed by atoms with Crippen LogP contribution >= 0.6 is 0 Å². The van der Waals surface area contributed by atoms with Gasteiger partial charge in [0.1, 0.15) is 17.3 Å². The van der Waals surface area contributed by atoms with Crippen molar-refractivity contribution in [2.75, 3.05) is 18.8 Å². The number of likely N-dealkylation sites (tertiary alicyclic amines) is 1. The highest BCUT2D eigenvalue weighted by Gasteiger charge is 2.38. The number of H-pyrrole nitrogens is 1. The van der Waals surface area contributed by atoms with Gasteiger partial charge < -0.3 is 10.7 Å². The number of aromatic amines is 1. The average molecular weight is 630 g/mol. The van der Waals surface area contributed by atoms with Gasteiger partial charge in [-0.25, -0.2) is 30.8 Å². The SMILES string of the molecule is Cc1ccc(S(=O)(=O)n2c(C(=O)c3cnn(-c4ccc5nc(C)[nH]c5c4)c3N)cc3cc(CN4CCC(F)(F)C4)ccc32)cc1. The monoisotopic (exact) mass is 629 g/mol. The molecule has 0 atom stereocenters. The van der Waals surface area contributed by atoms with E-state index in [4.69, 9.17) is 5.73 Å². The highest BCUT2D eigenvalue weighted by molar-refractivity contribution is 7.90. The second-order valence-corrected chi connectivity index (χ2v) is 13.3. The molecule has 7 rings (SSSR count). The highest BCUT2D eigenvalue weighted by atomic mass is 32.2. The zero-order valence-electron chi connectivity index (χ0n) is 24.5. The first-order valence-electron chi connectivity index (χ1n) is 14.3. The molecule has 3 N–H and O–H groups in total. The van der Waals surface area contributed by atoms with Crippen molar-refractivity contribution >= 4 is 43.6 Å². The predicted octanol–water partition coefficient (Wildman–Crippen LogP) is 5.21. The predicted molar refractivity (Wildman–Crippen MR) is 166 cm³/mol. The van der Waals surface area contributed by atoms with Crippen molar-refractivity contribution in [1.29, 1.82) is 0 Å². The maximum absolute atomic E-state index is 14.2. The Hall–Kier alpha value is -4.88. The standard InChI is InChI=1S/C32H29F2N7O3S/c1-19-3-7-24(8-4-19)45(43,44)41-28-10-5-21(17-39-12-11-32(33,34)18-39)13-22(28)14-29(41)30(42)25-16-36-40(31(25)35)23-6-9-26-27(15-23)38-20(2)37-26/h3-10,13-16H,11-12,17-18,35H2,1-2H3,(H,37,38). The van der Waals surface area contributed by atoms with Crippen LogP contribution < -0.4 is 5.73 Å². The number of hydrogen-bond acceptors (Lipinski definition) is 7. The summed E-state index contributed by atoms with van der Waals surface area (Å²) in [5.74, 6) is -2.58. The molecular formula is C32H29F2N7O3S. The molecule has 45 heavy (non-hydrogen) atoms. The number of carbonyl (C=O) groups is 1. The van der Waals surface area contributed by atoms with Gasteiger partial charge in [-0.05, 0) is 67.9 Å². The molecule has 1 aliphatic heterocycles. The quantitative estimate of drug-likeness (QED) is 0.232. The zero-order valence-corrected chi connectivity index (χ0v) is 25.3. The minimum atomic E-state index is -4.25. The minimum absolute atomic E-state index is 0.00912. The molecule has 10 nitrogen and oxygen atoms in total. The molecule has 0 bridgehead atoms. The average Bonchev–Trinajstić information content (AvgIpc) is 3.75. The fourth-order valence-electron chi connectivity index (χ4n) is 5.90. The molecule has 0 saturated carbocycles. The molecule has 1 saturated heterocycles. The molecule has 4 heterocycles. The van der Waals surface area contributed by atoms with Crippen LogP contribution in [0.15, 0.2) is 77.8 Å². The van der Waals surface area contributed by atoms with Gasteiger partial charge in [0.05, 0.1) is 45.4 Å². The van der Waals surface area contributed by atoms with Crippen LogP contribution in [0.25, 0.3) is 27.6 Å². The molecule has 3 aromatic carbocycles. The molecule has 0 spiro atoms. The van der Waals surface area contributed by atoms with Crippen LogP contribution in [0.5, 0.6) is 0 Å². The summed E-state index contributed by atoms with van der Waals surface area (Å²) in [6.07, 6.45) is 1.11. The lowest BCUT2D eigenvalue weighted by atomic mass is 10.1. The number of rotatable bonds is 7. The molecular weight excluding hydrogens is 600 g/mol. The van der Waals surface area contributed by atoms with Gasteiger partial charge in [0.25, 0.3) is 15.9 Å². The number of benzene rings is 3. The third-order valence-electron chi connectivity index (χ3n) is 8.15. The third-order valence-corrected chi connectivity index (χ3v) is 9.89. The van der Waals surface area contributed by atoms with E-state index in [2.05, 4.69) is 15.1 Å². The maximum Gasteiger partial charge on any atom is 0.268 e.